The third-order valence-electron chi connectivity index (χ3n) is 2.78. The molecule has 0 saturated carbocycles. The third-order valence-corrected chi connectivity index (χ3v) is 2.78. The number of nitrogens with zero attached hydrogens (tertiary/aromatic N) is 3. The molecule has 0 amide bonds. The minimum Gasteiger partial charge on any atom is -0.464 e. The molecule has 7 heteroatoms. The lowest BCUT2D eigenvalue weighted by molar-refractivity contribution is 0.0587. The molecule has 0 bridgehead atoms. The van der Waals surface area contributed by atoms with Crippen molar-refractivity contribution in [1.29, 1.82) is 0 Å². The van der Waals surface area contributed by atoms with Gasteiger partial charge in [-0.05, 0) is 12.3 Å². The van der Waals surface area contributed by atoms with Gasteiger partial charge in [-0.1, -0.05) is 19.1 Å². The van der Waals surface area contributed by atoms with Gasteiger partial charge in [0, 0.05) is 13.7 Å². The zero-order chi connectivity index (χ0) is 15.0. The van der Waals surface area contributed by atoms with Crippen LogP contribution in [0.25, 0.3) is 0 Å². The summed E-state index contributed by atoms with van der Waals surface area (Å²) in [6.07, 6.45) is 1.02. The quantitative estimate of drug-likeness (QED) is 0.502. The van der Waals surface area contributed by atoms with Crippen LogP contribution >= 0.6 is 0 Å². The number of carbonyl (C=O) groups is 1. The number of esters is 1. The zero-order valence-corrected chi connectivity index (χ0v) is 12.6. The summed E-state index contributed by atoms with van der Waals surface area (Å²) in [5.74, 6) is 0.111. The van der Waals surface area contributed by atoms with Gasteiger partial charge in [0.05, 0.1) is 32.6 Å². The van der Waals surface area contributed by atoms with Gasteiger partial charge in [-0.3, -0.25) is 0 Å². The fraction of sp³-hybridized carbons (Fsp3) is 0.769. The highest BCUT2D eigenvalue weighted by Gasteiger charge is 2.19. The lowest BCUT2D eigenvalue weighted by Crippen LogP contribution is -2.14. The van der Waals surface area contributed by atoms with Crippen LogP contribution in [0.5, 0.6) is 0 Å². The fourth-order valence-corrected chi connectivity index (χ4v) is 1.62. The van der Waals surface area contributed by atoms with Crippen LogP contribution in [0.2, 0.25) is 0 Å². The predicted octanol–water partition coefficient (Wildman–Crippen LogP) is 1.27. The molecule has 7 nitrogen and oxygen atoms in total. The zero-order valence-electron chi connectivity index (χ0n) is 12.6. The molecule has 0 radical (unpaired) electrons. The summed E-state index contributed by atoms with van der Waals surface area (Å²) in [4.78, 5) is 11.5. The van der Waals surface area contributed by atoms with E-state index in [1.54, 1.807) is 11.8 Å². The Kier molecular flexibility index (Phi) is 7.17. The van der Waals surface area contributed by atoms with Crippen molar-refractivity contribution >= 4 is 5.97 Å². The van der Waals surface area contributed by atoms with Gasteiger partial charge >= 0.3 is 5.97 Å². The Morgan fingerprint density at radius 3 is 2.65 bits per heavy atom. The average Bonchev–Trinajstić information content (AvgIpc) is 2.81. The maximum absolute atomic E-state index is 11.5. The van der Waals surface area contributed by atoms with Crippen molar-refractivity contribution in [1.82, 2.24) is 15.0 Å². The molecule has 0 aliphatic carbocycles. The largest absolute Gasteiger partial charge is 0.464 e. The molecular formula is C13H23N3O4. The molecule has 1 aromatic heterocycles. The van der Waals surface area contributed by atoms with Crippen molar-refractivity contribution in [2.45, 2.75) is 33.4 Å². The molecular weight excluding hydrogens is 262 g/mol. The molecule has 0 N–H and O–H groups in total. The summed E-state index contributed by atoms with van der Waals surface area (Å²) in [5, 5.41) is 7.78. The first-order chi connectivity index (χ1) is 9.60. The molecule has 0 unspecified atom stereocenters. The molecule has 20 heavy (non-hydrogen) atoms. The lowest BCUT2D eigenvalue weighted by atomic mass is 10.1. The average molecular weight is 285 g/mol. The van der Waals surface area contributed by atoms with Crippen LogP contribution in [-0.4, -0.2) is 48.4 Å². The van der Waals surface area contributed by atoms with Crippen LogP contribution in [0.15, 0.2) is 0 Å². The van der Waals surface area contributed by atoms with Crippen molar-refractivity contribution in [3.05, 3.63) is 11.4 Å². The second-order valence-electron chi connectivity index (χ2n) is 4.83. The highest BCUT2D eigenvalue weighted by Crippen LogP contribution is 2.08. The molecule has 0 aromatic carbocycles. The number of hydrogen-bond acceptors (Lipinski definition) is 6. The van der Waals surface area contributed by atoms with Crippen LogP contribution in [0.1, 0.15) is 36.5 Å². The van der Waals surface area contributed by atoms with Crippen molar-refractivity contribution < 1.29 is 19.0 Å². The highest BCUT2D eigenvalue weighted by atomic mass is 16.5. The van der Waals surface area contributed by atoms with Crippen molar-refractivity contribution in [2.24, 2.45) is 5.92 Å². The molecule has 0 fully saturated rings. The predicted molar refractivity (Wildman–Crippen MR) is 72.3 cm³/mol. The van der Waals surface area contributed by atoms with Crippen molar-refractivity contribution in [3.8, 4) is 0 Å². The molecule has 0 saturated heterocycles. The van der Waals surface area contributed by atoms with Crippen LogP contribution in [0, 0.1) is 5.92 Å². The van der Waals surface area contributed by atoms with E-state index in [1.807, 2.05) is 0 Å². The Labute approximate surface area is 119 Å². The van der Waals surface area contributed by atoms with E-state index in [1.165, 1.54) is 7.11 Å². The van der Waals surface area contributed by atoms with E-state index in [0.717, 1.165) is 13.0 Å². The Balaban J connectivity index is 2.56. The standard InChI is InChI=1S/C13H23N3O4/c1-10(2)5-7-20-8-6-16-11(9-18-3)12(14-15-16)13(17)19-4/h10H,5-9H2,1-4H3. The molecule has 0 spiro atoms. The van der Waals surface area contributed by atoms with E-state index in [-0.39, 0.29) is 12.3 Å². The Hall–Kier alpha value is -1.47. The van der Waals surface area contributed by atoms with Crippen molar-refractivity contribution in [3.63, 3.8) is 0 Å². The van der Waals surface area contributed by atoms with E-state index < -0.39 is 5.97 Å². The maximum Gasteiger partial charge on any atom is 0.360 e. The van der Waals surface area contributed by atoms with Gasteiger partial charge in [0.1, 0.15) is 0 Å². The second-order valence-corrected chi connectivity index (χ2v) is 4.83. The summed E-state index contributed by atoms with van der Waals surface area (Å²) in [6, 6.07) is 0. The molecule has 1 aromatic rings. The van der Waals surface area contributed by atoms with Gasteiger partial charge in [0.15, 0.2) is 5.69 Å². The number of rotatable bonds is 9. The summed E-state index contributed by atoms with van der Waals surface area (Å²) >= 11 is 0. The number of hydrogen-bond donors (Lipinski definition) is 0. The third kappa shape index (κ3) is 4.90. The molecule has 0 aliphatic heterocycles. The Bertz CT molecular complexity index is 418. The molecule has 0 atom stereocenters. The summed E-state index contributed by atoms with van der Waals surface area (Å²) in [5.41, 5.74) is 0.795. The molecule has 1 heterocycles. The van der Waals surface area contributed by atoms with Crippen LogP contribution in [0.3, 0.4) is 0 Å². The topological polar surface area (TPSA) is 75.5 Å². The number of methoxy groups -OCH3 is 2. The fourth-order valence-electron chi connectivity index (χ4n) is 1.62. The number of carbonyl (C=O) groups excluding carboxylic acids is 1. The van der Waals surface area contributed by atoms with Gasteiger partial charge in [-0.25, -0.2) is 9.48 Å². The van der Waals surface area contributed by atoms with Gasteiger partial charge in [-0.15, -0.1) is 5.10 Å². The summed E-state index contributed by atoms with van der Waals surface area (Å²) in [7, 11) is 2.87. The van der Waals surface area contributed by atoms with E-state index in [2.05, 4.69) is 28.9 Å². The molecule has 114 valence electrons. The maximum atomic E-state index is 11.5. The van der Waals surface area contributed by atoms with Crippen LogP contribution in [0.4, 0.5) is 0 Å². The summed E-state index contributed by atoms with van der Waals surface area (Å²) in [6.45, 7) is 6.33. The van der Waals surface area contributed by atoms with Gasteiger partial charge in [-0.2, -0.15) is 0 Å². The van der Waals surface area contributed by atoms with E-state index in [0.29, 0.717) is 24.8 Å². The second kappa shape index (κ2) is 8.65. The molecule has 1 rings (SSSR count). The minimum atomic E-state index is -0.510. The van der Waals surface area contributed by atoms with E-state index >= 15 is 0 Å². The lowest BCUT2D eigenvalue weighted by Gasteiger charge is -2.08. The number of aromatic nitrogens is 3. The van der Waals surface area contributed by atoms with Crippen molar-refractivity contribution in [2.75, 3.05) is 27.4 Å². The van der Waals surface area contributed by atoms with Gasteiger partial charge < -0.3 is 14.2 Å². The van der Waals surface area contributed by atoms with Crippen LogP contribution < -0.4 is 0 Å². The Morgan fingerprint density at radius 2 is 2.05 bits per heavy atom. The monoisotopic (exact) mass is 285 g/mol. The van der Waals surface area contributed by atoms with Crippen LogP contribution in [-0.2, 0) is 27.4 Å². The first-order valence-corrected chi connectivity index (χ1v) is 6.67. The highest BCUT2D eigenvalue weighted by molar-refractivity contribution is 5.88. The number of ether oxygens (including phenoxy) is 3. The first-order valence-electron chi connectivity index (χ1n) is 6.67. The summed E-state index contributed by atoms with van der Waals surface area (Å²) < 4.78 is 16.9. The molecule has 0 aliphatic rings. The normalized spacial score (nSPS) is 11.1. The smallest absolute Gasteiger partial charge is 0.360 e. The van der Waals surface area contributed by atoms with Gasteiger partial charge in [0.2, 0.25) is 0 Å². The SMILES string of the molecule is COCc1c(C(=O)OC)nnn1CCOCCC(C)C. The first kappa shape index (κ1) is 16.6. The Morgan fingerprint density at radius 1 is 1.30 bits per heavy atom. The van der Waals surface area contributed by atoms with E-state index in [4.69, 9.17) is 9.47 Å². The minimum absolute atomic E-state index is 0.191. The van der Waals surface area contributed by atoms with Gasteiger partial charge in [0.25, 0.3) is 0 Å². The van der Waals surface area contributed by atoms with E-state index in [9.17, 15) is 4.79 Å².